The number of hydrogen-bond acceptors (Lipinski definition) is 5. The van der Waals surface area contributed by atoms with Crippen molar-refractivity contribution in [1.82, 2.24) is 10.3 Å². The Labute approximate surface area is 123 Å². The van der Waals surface area contributed by atoms with Crippen molar-refractivity contribution in [2.24, 2.45) is 0 Å². The molecule has 7 heteroatoms. The van der Waals surface area contributed by atoms with Crippen LogP contribution in [-0.2, 0) is 9.84 Å². The van der Waals surface area contributed by atoms with Gasteiger partial charge >= 0.3 is 0 Å². The molecular weight excluding hydrogens is 292 g/mol. The standard InChI is InChI=1S/C14H16N2O4S/c17-7-1-3-11-5-6-13(15-9-11)14(18)16-10-12-4-2-8-21(12,19)20/h5-6,9,12,17H,2,4,7-8,10H2,(H,16,18). The molecule has 1 saturated heterocycles. The van der Waals surface area contributed by atoms with Gasteiger partial charge < -0.3 is 10.4 Å². The highest BCUT2D eigenvalue weighted by molar-refractivity contribution is 7.92. The summed E-state index contributed by atoms with van der Waals surface area (Å²) in [5, 5.41) is 10.7. The molecule has 0 bridgehead atoms. The smallest absolute Gasteiger partial charge is 0.269 e. The quantitative estimate of drug-likeness (QED) is 0.750. The maximum Gasteiger partial charge on any atom is 0.269 e. The minimum atomic E-state index is -3.06. The summed E-state index contributed by atoms with van der Waals surface area (Å²) < 4.78 is 23.3. The van der Waals surface area contributed by atoms with E-state index in [9.17, 15) is 13.2 Å². The topological polar surface area (TPSA) is 96.4 Å². The molecule has 0 radical (unpaired) electrons. The number of aliphatic hydroxyl groups is 1. The summed E-state index contributed by atoms with van der Waals surface area (Å²) in [6.45, 7) is -0.118. The van der Waals surface area contributed by atoms with Crippen molar-refractivity contribution in [1.29, 1.82) is 0 Å². The number of carbonyl (C=O) groups is 1. The number of aliphatic hydroxyl groups excluding tert-OH is 1. The zero-order chi connectivity index (χ0) is 15.3. The van der Waals surface area contributed by atoms with Gasteiger partial charge in [-0.25, -0.2) is 13.4 Å². The Balaban J connectivity index is 1.94. The first kappa shape index (κ1) is 15.5. The van der Waals surface area contributed by atoms with Crippen molar-refractivity contribution >= 4 is 15.7 Å². The molecule has 112 valence electrons. The van der Waals surface area contributed by atoms with Crippen molar-refractivity contribution in [3.05, 3.63) is 29.6 Å². The molecule has 1 amide bonds. The molecule has 0 spiro atoms. The number of amides is 1. The van der Waals surface area contributed by atoms with Gasteiger partial charge in [-0.15, -0.1) is 0 Å². The van der Waals surface area contributed by atoms with Gasteiger partial charge in [0.2, 0.25) is 0 Å². The molecule has 0 aliphatic carbocycles. The molecule has 0 aromatic carbocycles. The first-order chi connectivity index (χ1) is 10.0. The SMILES string of the molecule is O=C(NCC1CCCS1(=O)=O)c1ccc(C#CCO)cn1. The van der Waals surface area contributed by atoms with Crippen LogP contribution < -0.4 is 5.32 Å². The molecule has 6 nitrogen and oxygen atoms in total. The second-order valence-electron chi connectivity index (χ2n) is 4.73. The van der Waals surface area contributed by atoms with Crippen LogP contribution in [0.4, 0.5) is 0 Å². The van der Waals surface area contributed by atoms with Crippen LogP contribution in [0.3, 0.4) is 0 Å². The molecule has 1 aliphatic heterocycles. The van der Waals surface area contributed by atoms with E-state index in [0.29, 0.717) is 18.4 Å². The molecule has 0 saturated carbocycles. The van der Waals surface area contributed by atoms with E-state index in [1.165, 1.54) is 12.3 Å². The van der Waals surface area contributed by atoms with Gasteiger partial charge in [-0.2, -0.15) is 0 Å². The van der Waals surface area contributed by atoms with Crippen LogP contribution in [-0.4, -0.2) is 48.6 Å². The average molecular weight is 308 g/mol. The average Bonchev–Trinajstić information content (AvgIpc) is 2.82. The zero-order valence-electron chi connectivity index (χ0n) is 11.4. The fourth-order valence-corrected chi connectivity index (χ4v) is 3.89. The van der Waals surface area contributed by atoms with Crippen LogP contribution in [0, 0.1) is 11.8 Å². The lowest BCUT2D eigenvalue weighted by atomic mass is 10.2. The highest BCUT2D eigenvalue weighted by Gasteiger charge is 2.31. The molecule has 1 atom stereocenters. The van der Waals surface area contributed by atoms with Gasteiger partial charge in [0.05, 0.1) is 11.0 Å². The third-order valence-corrected chi connectivity index (χ3v) is 5.54. The number of pyridine rings is 1. The summed E-state index contributed by atoms with van der Waals surface area (Å²) >= 11 is 0. The number of hydrogen-bond donors (Lipinski definition) is 2. The summed E-state index contributed by atoms with van der Waals surface area (Å²) in [7, 11) is -3.06. The van der Waals surface area contributed by atoms with Crippen LogP contribution in [0.15, 0.2) is 18.3 Å². The summed E-state index contributed by atoms with van der Waals surface area (Å²) in [6, 6.07) is 3.14. The number of aromatic nitrogens is 1. The third-order valence-electron chi connectivity index (χ3n) is 3.26. The van der Waals surface area contributed by atoms with Gasteiger partial charge in [-0.05, 0) is 25.0 Å². The van der Waals surface area contributed by atoms with E-state index in [4.69, 9.17) is 5.11 Å². The molecule has 1 aliphatic rings. The Morgan fingerprint density at radius 3 is 2.86 bits per heavy atom. The van der Waals surface area contributed by atoms with Crippen LogP contribution in [0.1, 0.15) is 28.9 Å². The fraction of sp³-hybridized carbons (Fsp3) is 0.429. The van der Waals surface area contributed by atoms with Gasteiger partial charge in [0, 0.05) is 18.3 Å². The van der Waals surface area contributed by atoms with Gasteiger partial charge in [0.15, 0.2) is 9.84 Å². The Morgan fingerprint density at radius 1 is 1.48 bits per heavy atom. The van der Waals surface area contributed by atoms with E-state index in [1.54, 1.807) is 6.07 Å². The Bertz CT molecular complexity index is 671. The fourth-order valence-electron chi connectivity index (χ4n) is 2.13. The summed E-state index contributed by atoms with van der Waals surface area (Å²) in [6.07, 6.45) is 2.68. The largest absolute Gasteiger partial charge is 0.384 e. The lowest BCUT2D eigenvalue weighted by Gasteiger charge is -2.10. The lowest BCUT2D eigenvalue weighted by molar-refractivity contribution is 0.0948. The minimum Gasteiger partial charge on any atom is -0.384 e. The Kier molecular flexibility index (Phi) is 4.94. The van der Waals surface area contributed by atoms with Crippen molar-refractivity contribution in [3.63, 3.8) is 0 Å². The third kappa shape index (κ3) is 4.03. The monoisotopic (exact) mass is 308 g/mol. The molecule has 2 rings (SSSR count). The number of sulfone groups is 1. The van der Waals surface area contributed by atoms with E-state index in [0.717, 1.165) is 0 Å². The first-order valence-electron chi connectivity index (χ1n) is 6.58. The van der Waals surface area contributed by atoms with E-state index in [2.05, 4.69) is 22.1 Å². The predicted molar refractivity (Wildman–Crippen MR) is 77.3 cm³/mol. The molecule has 21 heavy (non-hydrogen) atoms. The maximum atomic E-state index is 11.9. The molecule has 1 aromatic heterocycles. The van der Waals surface area contributed by atoms with E-state index in [1.807, 2.05) is 0 Å². The minimum absolute atomic E-state index is 0.120. The number of rotatable bonds is 3. The van der Waals surface area contributed by atoms with Gasteiger partial charge in [-0.1, -0.05) is 11.8 Å². The zero-order valence-corrected chi connectivity index (χ0v) is 12.2. The molecule has 2 N–H and O–H groups in total. The molecule has 1 aromatic rings. The van der Waals surface area contributed by atoms with Gasteiger partial charge in [0.1, 0.15) is 12.3 Å². The second-order valence-corrected chi connectivity index (χ2v) is 7.13. The van der Waals surface area contributed by atoms with Crippen molar-refractivity contribution in [2.75, 3.05) is 18.9 Å². The summed E-state index contributed by atoms with van der Waals surface area (Å²) in [5.74, 6) is 4.95. The highest BCUT2D eigenvalue weighted by atomic mass is 32.2. The van der Waals surface area contributed by atoms with E-state index < -0.39 is 21.0 Å². The lowest BCUT2D eigenvalue weighted by Crippen LogP contribution is -2.34. The summed E-state index contributed by atoms with van der Waals surface area (Å²) in [5.41, 5.74) is 0.805. The van der Waals surface area contributed by atoms with Crippen LogP contribution in [0.2, 0.25) is 0 Å². The predicted octanol–water partition coefficient (Wildman–Crippen LogP) is -0.268. The van der Waals surface area contributed by atoms with Crippen LogP contribution in [0.25, 0.3) is 0 Å². The molecular formula is C14H16N2O4S. The highest BCUT2D eigenvalue weighted by Crippen LogP contribution is 2.19. The normalized spacial score (nSPS) is 19.6. The first-order valence-corrected chi connectivity index (χ1v) is 8.30. The number of carbonyl (C=O) groups excluding carboxylic acids is 1. The van der Waals surface area contributed by atoms with Crippen LogP contribution >= 0.6 is 0 Å². The van der Waals surface area contributed by atoms with Crippen molar-refractivity contribution in [3.8, 4) is 11.8 Å². The number of nitrogens with one attached hydrogen (secondary N) is 1. The van der Waals surface area contributed by atoms with Gasteiger partial charge in [-0.3, -0.25) is 4.79 Å². The van der Waals surface area contributed by atoms with E-state index >= 15 is 0 Å². The van der Waals surface area contributed by atoms with E-state index in [-0.39, 0.29) is 24.6 Å². The Morgan fingerprint density at radius 2 is 2.29 bits per heavy atom. The molecule has 2 heterocycles. The second kappa shape index (κ2) is 6.70. The van der Waals surface area contributed by atoms with Gasteiger partial charge in [0.25, 0.3) is 5.91 Å². The van der Waals surface area contributed by atoms with Crippen LogP contribution in [0.5, 0.6) is 0 Å². The van der Waals surface area contributed by atoms with Crippen molar-refractivity contribution in [2.45, 2.75) is 18.1 Å². The molecule has 1 unspecified atom stereocenters. The Hall–Kier alpha value is -1.91. The molecule has 1 fully saturated rings. The van der Waals surface area contributed by atoms with Crippen molar-refractivity contribution < 1.29 is 18.3 Å². The summed E-state index contributed by atoms with van der Waals surface area (Å²) in [4.78, 5) is 15.9. The maximum absolute atomic E-state index is 11.9. The number of nitrogens with zero attached hydrogens (tertiary/aromatic N) is 1.